The van der Waals surface area contributed by atoms with E-state index in [1.165, 1.54) is 6.07 Å². The van der Waals surface area contributed by atoms with Crippen LogP contribution in [-0.4, -0.2) is 33.2 Å². The Labute approximate surface area is 174 Å². The van der Waals surface area contributed by atoms with Crippen molar-refractivity contribution in [2.45, 2.75) is 17.6 Å². The molecule has 1 amide bonds. The Hall–Kier alpha value is -3.07. The molecule has 2 aromatic carbocycles. The van der Waals surface area contributed by atoms with Gasteiger partial charge in [0.25, 0.3) is 0 Å². The van der Waals surface area contributed by atoms with Gasteiger partial charge in [-0.25, -0.2) is 9.97 Å². The zero-order valence-corrected chi connectivity index (χ0v) is 16.5. The van der Waals surface area contributed by atoms with Crippen LogP contribution in [0.3, 0.4) is 0 Å². The molecule has 0 radical (unpaired) electrons. The van der Waals surface area contributed by atoms with Crippen molar-refractivity contribution in [2.24, 2.45) is 0 Å². The van der Waals surface area contributed by atoms with Crippen LogP contribution in [0.1, 0.15) is 11.4 Å². The highest BCUT2D eigenvalue weighted by Gasteiger charge is 2.35. The van der Waals surface area contributed by atoms with Gasteiger partial charge in [-0.15, -0.1) is 0 Å². The molecule has 0 aliphatic heterocycles. The molecule has 30 heavy (non-hydrogen) atoms. The van der Waals surface area contributed by atoms with Gasteiger partial charge in [-0.05, 0) is 24.1 Å². The molecule has 2 aromatic heterocycles. The van der Waals surface area contributed by atoms with Gasteiger partial charge in [0.1, 0.15) is 5.03 Å². The van der Waals surface area contributed by atoms with Crippen LogP contribution in [-0.2, 0) is 17.4 Å². The molecule has 9 heteroatoms. The maximum absolute atomic E-state index is 13.1. The van der Waals surface area contributed by atoms with Gasteiger partial charge in [0.05, 0.1) is 11.3 Å². The van der Waals surface area contributed by atoms with Crippen LogP contribution in [0.5, 0.6) is 0 Å². The van der Waals surface area contributed by atoms with Crippen LogP contribution < -0.4 is 5.32 Å². The van der Waals surface area contributed by atoms with Crippen LogP contribution in [0.2, 0.25) is 0 Å². The Morgan fingerprint density at radius 2 is 1.77 bits per heavy atom. The molecule has 4 aromatic rings. The number of carbonyl (C=O) groups excluding carboxylic acids is 1. The van der Waals surface area contributed by atoms with E-state index in [1.807, 2.05) is 30.5 Å². The van der Waals surface area contributed by atoms with Crippen LogP contribution >= 0.6 is 11.8 Å². The first-order valence-corrected chi connectivity index (χ1v) is 10.2. The molecule has 0 bridgehead atoms. The number of para-hydroxylation sites is 2. The number of rotatable bonds is 6. The maximum Gasteiger partial charge on any atom is 0.451 e. The number of halogens is 3. The van der Waals surface area contributed by atoms with Crippen LogP contribution in [0, 0.1) is 0 Å². The monoisotopic (exact) mass is 430 g/mol. The number of nitrogens with one attached hydrogen (secondary N) is 2. The fourth-order valence-electron chi connectivity index (χ4n) is 3.14. The highest BCUT2D eigenvalue weighted by molar-refractivity contribution is 8.00. The van der Waals surface area contributed by atoms with Gasteiger partial charge in [-0.3, -0.25) is 4.79 Å². The molecule has 0 saturated heterocycles. The third-order valence-corrected chi connectivity index (χ3v) is 5.54. The Morgan fingerprint density at radius 3 is 2.57 bits per heavy atom. The van der Waals surface area contributed by atoms with Crippen LogP contribution in [0.15, 0.2) is 59.8 Å². The highest BCUT2D eigenvalue weighted by Crippen LogP contribution is 2.31. The lowest BCUT2D eigenvalue weighted by Crippen LogP contribution is -2.27. The normalized spacial score (nSPS) is 11.8. The van der Waals surface area contributed by atoms with Gasteiger partial charge in [-0.2, -0.15) is 13.2 Å². The zero-order valence-electron chi connectivity index (χ0n) is 15.7. The minimum absolute atomic E-state index is 0.0355. The summed E-state index contributed by atoms with van der Waals surface area (Å²) in [5.41, 5.74) is 2.32. The molecule has 0 aliphatic carbocycles. The number of aromatic amines is 1. The average Bonchev–Trinajstić information content (AvgIpc) is 3.14. The lowest BCUT2D eigenvalue weighted by Gasteiger charge is -2.10. The fraction of sp³-hybridized carbons (Fsp3) is 0.190. The van der Waals surface area contributed by atoms with Crippen molar-refractivity contribution in [1.29, 1.82) is 0 Å². The number of hydrogen-bond donors (Lipinski definition) is 2. The SMILES string of the molecule is O=C(CSc1nc(C(F)(F)F)nc2ccccc12)NCCc1c[nH]c2ccccc12. The lowest BCUT2D eigenvalue weighted by atomic mass is 10.1. The second-order valence-electron chi connectivity index (χ2n) is 6.62. The summed E-state index contributed by atoms with van der Waals surface area (Å²) < 4.78 is 39.3. The molecular weight excluding hydrogens is 413 g/mol. The molecular formula is C21H17F3N4OS. The van der Waals surface area contributed by atoms with Gasteiger partial charge < -0.3 is 10.3 Å². The second kappa shape index (κ2) is 8.35. The summed E-state index contributed by atoms with van der Waals surface area (Å²) in [7, 11) is 0. The molecule has 0 aliphatic rings. The first kappa shape index (κ1) is 20.2. The van der Waals surface area contributed by atoms with Crippen molar-refractivity contribution in [3.8, 4) is 0 Å². The number of aromatic nitrogens is 3. The molecule has 4 rings (SSSR count). The van der Waals surface area contributed by atoms with Gasteiger partial charge in [-0.1, -0.05) is 48.2 Å². The molecule has 5 nitrogen and oxygen atoms in total. The summed E-state index contributed by atoms with van der Waals surface area (Å²) in [5.74, 6) is -1.51. The van der Waals surface area contributed by atoms with E-state index in [2.05, 4.69) is 20.3 Å². The van der Waals surface area contributed by atoms with Crippen molar-refractivity contribution < 1.29 is 18.0 Å². The number of fused-ring (bicyclic) bond motifs is 2. The van der Waals surface area contributed by atoms with E-state index < -0.39 is 12.0 Å². The Balaban J connectivity index is 1.39. The molecule has 0 fully saturated rings. The van der Waals surface area contributed by atoms with E-state index in [0.29, 0.717) is 18.4 Å². The summed E-state index contributed by atoms with van der Waals surface area (Å²) in [5, 5.41) is 4.54. The number of carbonyl (C=O) groups is 1. The smallest absolute Gasteiger partial charge is 0.361 e. The van der Waals surface area contributed by atoms with Gasteiger partial charge in [0.2, 0.25) is 11.7 Å². The average molecular weight is 430 g/mol. The molecule has 0 spiro atoms. The molecule has 154 valence electrons. The van der Waals surface area contributed by atoms with Crippen molar-refractivity contribution >= 4 is 39.5 Å². The topological polar surface area (TPSA) is 70.7 Å². The first-order chi connectivity index (χ1) is 14.4. The number of amides is 1. The maximum atomic E-state index is 13.1. The molecule has 2 heterocycles. The fourth-order valence-corrected chi connectivity index (χ4v) is 3.99. The minimum atomic E-state index is -4.65. The first-order valence-electron chi connectivity index (χ1n) is 9.20. The molecule has 2 N–H and O–H groups in total. The van der Waals surface area contributed by atoms with Gasteiger partial charge >= 0.3 is 6.18 Å². The number of alkyl halides is 3. The van der Waals surface area contributed by atoms with Crippen LogP contribution in [0.4, 0.5) is 13.2 Å². The van der Waals surface area contributed by atoms with Crippen molar-refractivity contribution in [3.63, 3.8) is 0 Å². The third kappa shape index (κ3) is 4.40. The van der Waals surface area contributed by atoms with E-state index in [0.717, 1.165) is 28.2 Å². The quantitative estimate of drug-likeness (QED) is 0.347. The number of thioether (sulfide) groups is 1. The summed E-state index contributed by atoms with van der Waals surface area (Å²) in [6.45, 7) is 0.430. The standard InChI is InChI=1S/C21H17F3N4OS/c22-21(23,24)20-27-17-8-4-2-6-15(17)19(28-20)30-12-18(29)25-10-9-13-11-26-16-7-3-1-5-14(13)16/h1-8,11,26H,9-10,12H2,(H,25,29). The molecule has 0 atom stereocenters. The number of hydrogen-bond acceptors (Lipinski definition) is 4. The predicted molar refractivity (Wildman–Crippen MR) is 110 cm³/mol. The second-order valence-corrected chi connectivity index (χ2v) is 7.58. The third-order valence-electron chi connectivity index (χ3n) is 4.55. The van der Waals surface area contributed by atoms with E-state index in [-0.39, 0.29) is 22.2 Å². The summed E-state index contributed by atoms with van der Waals surface area (Å²) >= 11 is 0.969. The van der Waals surface area contributed by atoms with Gasteiger partial charge in [0, 0.05) is 29.0 Å². The van der Waals surface area contributed by atoms with E-state index >= 15 is 0 Å². The number of benzene rings is 2. The number of H-pyrrole nitrogens is 1. The predicted octanol–water partition coefficient (Wildman–Crippen LogP) is 4.58. The number of nitrogens with zero attached hydrogens (tertiary/aromatic N) is 2. The molecule has 0 unspecified atom stereocenters. The van der Waals surface area contributed by atoms with Gasteiger partial charge in [0.15, 0.2) is 0 Å². The minimum Gasteiger partial charge on any atom is -0.361 e. The summed E-state index contributed by atoms with van der Waals surface area (Å²) in [6, 6.07) is 14.3. The van der Waals surface area contributed by atoms with Crippen molar-refractivity contribution in [2.75, 3.05) is 12.3 Å². The highest BCUT2D eigenvalue weighted by atomic mass is 32.2. The Morgan fingerprint density at radius 1 is 1.03 bits per heavy atom. The molecule has 0 saturated carbocycles. The summed E-state index contributed by atoms with van der Waals surface area (Å²) in [4.78, 5) is 22.6. The Kier molecular flexibility index (Phi) is 5.63. The van der Waals surface area contributed by atoms with E-state index in [9.17, 15) is 18.0 Å². The van der Waals surface area contributed by atoms with Crippen LogP contribution in [0.25, 0.3) is 21.8 Å². The summed E-state index contributed by atoms with van der Waals surface area (Å²) in [6.07, 6.45) is -2.09. The zero-order chi connectivity index (χ0) is 21.1. The van der Waals surface area contributed by atoms with Crippen molar-refractivity contribution in [3.05, 3.63) is 66.1 Å². The Bertz CT molecular complexity index is 1210. The van der Waals surface area contributed by atoms with Crippen molar-refractivity contribution in [1.82, 2.24) is 20.3 Å². The lowest BCUT2D eigenvalue weighted by molar-refractivity contribution is -0.145. The van der Waals surface area contributed by atoms with E-state index in [1.54, 1.807) is 18.2 Å². The largest absolute Gasteiger partial charge is 0.451 e. The van der Waals surface area contributed by atoms with E-state index in [4.69, 9.17) is 0 Å².